The van der Waals surface area contributed by atoms with E-state index in [9.17, 15) is 4.79 Å². The molecule has 0 bridgehead atoms. The Morgan fingerprint density at radius 1 is 1.45 bits per heavy atom. The largest absolute Gasteiger partial charge is 0.485 e. The summed E-state index contributed by atoms with van der Waals surface area (Å²) in [6.45, 7) is 19.0. The van der Waals surface area contributed by atoms with E-state index in [1.807, 2.05) is 18.7 Å². The topological polar surface area (TPSA) is 50.3 Å². The van der Waals surface area contributed by atoms with E-state index in [-0.39, 0.29) is 18.1 Å². The molecule has 1 saturated heterocycles. The molecule has 2 aliphatic rings. The van der Waals surface area contributed by atoms with Crippen LogP contribution in [-0.2, 0) is 4.79 Å². The molecular weight excluding hydrogens is 280 g/mol. The van der Waals surface area contributed by atoms with E-state index >= 15 is 0 Å². The van der Waals surface area contributed by atoms with Crippen LogP contribution in [0.3, 0.4) is 0 Å². The number of hydrogen-bond acceptors (Lipinski definition) is 3. The van der Waals surface area contributed by atoms with Crippen LogP contribution in [0, 0.1) is 13.1 Å². The molecule has 0 radical (unpaired) electrons. The highest BCUT2D eigenvalue weighted by molar-refractivity contribution is 6.02. The number of nitrogens with one attached hydrogen (secondary N) is 1. The summed E-state index contributed by atoms with van der Waals surface area (Å²) in [5, 5.41) is 2.83. The maximum atomic E-state index is 12.6. The minimum Gasteiger partial charge on any atom is -0.485 e. The van der Waals surface area contributed by atoms with Gasteiger partial charge in [0.1, 0.15) is 0 Å². The van der Waals surface area contributed by atoms with Crippen LogP contribution in [0.5, 0.6) is 5.75 Å². The molecule has 2 heterocycles. The summed E-state index contributed by atoms with van der Waals surface area (Å²) < 4.78 is 6.02. The highest BCUT2D eigenvalue weighted by atomic mass is 16.5. The van der Waals surface area contributed by atoms with Gasteiger partial charge in [-0.05, 0) is 19.9 Å². The van der Waals surface area contributed by atoms with Gasteiger partial charge in [-0.25, -0.2) is 16.3 Å². The minimum absolute atomic E-state index is 0.146. The molecule has 0 saturated carbocycles. The number of carbonyl (C=O) groups is 1. The zero-order valence-corrected chi connectivity index (χ0v) is 12.5. The summed E-state index contributed by atoms with van der Waals surface area (Å²) >= 11 is 0. The lowest BCUT2D eigenvalue weighted by molar-refractivity contribution is -0.131. The third-order valence-electron chi connectivity index (χ3n) is 4.22. The average molecular weight is 296 g/mol. The monoisotopic (exact) mass is 296 g/mol. The predicted molar refractivity (Wildman–Crippen MR) is 81.5 cm³/mol. The zero-order chi connectivity index (χ0) is 15.9. The van der Waals surface area contributed by atoms with Gasteiger partial charge in [0.25, 0.3) is 12.1 Å². The number of benzene rings is 1. The van der Waals surface area contributed by atoms with Crippen LogP contribution in [0.25, 0.3) is 9.69 Å². The quantitative estimate of drug-likeness (QED) is 0.811. The third kappa shape index (κ3) is 2.01. The number of carbonyl (C=O) groups excluding carboxylic acids is 1. The number of hydrogen-bond donors (Lipinski definition) is 1. The molecule has 1 aromatic carbocycles. The van der Waals surface area contributed by atoms with Crippen LogP contribution in [0.2, 0.25) is 0 Å². The second-order valence-electron chi connectivity index (χ2n) is 5.90. The van der Waals surface area contributed by atoms with Gasteiger partial charge in [0.05, 0.1) is 25.2 Å². The van der Waals surface area contributed by atoms with E-state index < -0.39 is 5.60 Å². The first kappa shape index (κ1) is 14.4. The smallest absolute Gasteiger partial charge is 0.284 e. The summed E-state index contributed by atoms with van der Waals surface area (Å²) in [6.07, 6.45) is -0.0702. The first-order valence-corrected chi connectivity index (χ1v) is 7.14. The maximum absolute atomic E-state index is 12.6. The molecule has 1 N–H and O–H groups in total. The van der Waals surface area contributed by atoms with E-state index in [0.717, 1.165) is 0 Å². The first-order valence-electron chi connectivity index (χ1n) is 7.14. The fourth-order valence-electron chi connectivity index (χ4n) is 3.06. The SMILES string of the molecule is [C-]#[N+]c1cccc2c1O[C@@]1(C[C@@H]([N+]#[C-])N(C(C)C)C1)C(=O)N2. The Hall–Kier alpha value is -2.57. The third-order valence-corrected chi connectivity index (χ3v) is 4.22. The van der Waals surface area contributed by atoms with Crippen LogP contribution in [0.4, 0.5) is 11.4 Å². The van der Waals surface area contributed by atoms with E-state index in [1.165, 1.54) is 0 Å². The van der Waals surface area contributed by atoms with Gasteiger partial charge in [0, 0.05) is 6.04 Å². The zero-order valence-electron chi connectivity index (χ0n) is 12.5. The number of rotatable bonds is 1. The number of nitrogens with zero attached hydrogens (tertiary/aromatic N) is 3. The molecule has 1 spiro atoms. The second kappa shape index (κ2) is 5.01. The van der Waals surface area contributed by atoms with Crippen LogP contribution < -0.4 is 10.1 Å². The molecule has 22 heavy (non-hydrogen) atoms. The highest BCUT2D eigenvalue weighted by Crippen LogP contribution is 2.45. The van der Waals surface area contributed by atoms with Crippen molar-refractivity contribution in [1.82, 2.24) is 4.90 Å². The fourth-order valence-corrected chi connectivity index (χ4v) is 3.06. The Morgan fingerprint density at radius 3 is 2.82 bits per heavy atom. The number of fused-ring (bicyclic) bond motifs is 1. The van der Waals surface area contributed by atoms with Gasteiger partial charge in [0.15, 0.2) is 5.75 Å². The molecule has 112 valence electrons. The number of amides is 1. The normalized spacial score (nSPS) is 27.0. The lowest BCUT2D eigenvalue weighted by Gasteiger charge is -2.34. The molecule has 2 atom stereocenters. The van der Waals surface area contributed by atoms with Crippen LogP contribution in [0.1, 0.15) is 20.3 Å². The van der Waals surface area contributed by atoms with Crippen molar-refractivity contribution in [2.75, 3.05) is 11.9 Å². The van der Waals surface area contributed by atoms with Crippen molar-refractivity contribution >= 4 is 17.3 Å². The molecule has 6 heteroatoms. The van der Waals surface area contributed by atoms with Crippen molar-refractivity contribution in [3.05, 3.63) is 41.0 Å². The van der Waals surface area contributed by atoms with E-state index in [2.05, 4.69) is 15.0 Å². The molecule has 1 amide bonds. The van der Waals surface area contributed by atoms with Crippen molar-refractivity contribution in [2.24, 2.45) is 0 Å². The Balaban J connectivity index is 2.02. The molecule has 1 fully saturated rings. The van der Waals surface area contributed by atoms with E-state index in [0.29, 0.717) is 30.1 Å². The van der Waals surface area contributed by atoms with Crippen LogP contribution >= 0.6 is 0 Å². The minimum atomic E-state index is -1.09. The number of likely N-dealkylation sites (tertiary alicyclic amines) is 1. The molecular formula is C16H16N4O2. The summed E-state index contributed by atoms with van der Waals surface area (Å²) in [7, 11) is 0. The average Bonchev–Trinajstić information content (AvgIpc) is 2.88. The standard InChI is InChI=1S/C16H16N4O2/c1-10(2)20-9-16(8-13(20)18-4)15(21)19-12-7-5-6-11(17-3)14(12)22-16/h5-7,10,13H,8-9H2,1-2H3,(H,19,21)/t13-,16+/m0/s1. The van der Waals surface area contributed by atoms with Crippen molar-refractivity contribution in [2.45, 2.75) is 38.1 Å². The summed E-state index contributed by atoms with van der Waals surface area (Å²) in [4.78, 5) is 21.6. The van der Waals surface area contributed by atoms with Gasteiger partial charge < -0.3 is 10.1 Å². The van der Waals surface area contributed by atoms with Gasteiger partial charge in [-0.3, -0.25) is 9.64 Å². The van der Waals surface area contributed by atoms with Gasteiger partial charge in [0.2, 0.25) is 11.3 Å². The molecule has 0 aliphatic carbocycles. The molecule has 3 rings (SSSR count). The van der Waals surface area contributed by atoms with E-state index in [4.69, 9.17) is 17.9 Å². The highest BCUT2D eigenvalue weighted by Gasteiger charge is 2.57. The lowest BCUT2D eigenvalue weighted by Crippen LogP contribution is -2.53. The van der Waals surface area contributed by atoms with Gasteiger partial charge >= 0.3 is 0 Å². The lowest BCUT2D eigenvalue weighted by atomic mass is 9.98. The van der Waals surface area contributed by atoms with Gasteiger partial charge in [-0.15, -0.1) is 0 Å². The van der Waals surface area contributed by atoms with Crippen molar-refractivity contribution in [3.8, 4) is 5.75 Å². The first-order chi connectivity index (χ1) is 10.5. The maximum Gasteiger partial charge on any atom is 0.284 e. The summed E-state index contributed by atoms with van der Waals surface area (Å²) in [6, 6.07) is 5.24. The summed E-state index contributed by atoms with van der Waals surface area (Å²) in [5.74, 6) is 0.172. The van der Waals surface area contributed by atoms with Crippen LogP contribution in [-0.4, -0.2) is 35.2 Å². The molecule has 0 unspecified atom stereocenters. The van der Waals surface area contributed by atoms with Gasteiger partial charge in [-0.2, -0.15) is 0 Å². The molecule has 6 nitrogen and oxygen atoms in total. The summed E-state index contributed by atoms with van der Waals surface area (Å²) in [5.41, 5.74) is -0.196. The molecule has 2 aliphatic heterocycles. The van der Waals surface area contributed by atoms with Gasteiger partial charge in [-0.1, -0.05) is 12.1 Å². The Bertz CT molecular complexity index is 716. The molecule has 0 aromatic heterocycles. The van der Waals surface area contributed by atoms with Crippen LogP contribution in [0.15, 0.2) is 18.2 Å². The van der Waals surface area contributed by atoms with Crippen molar-refractivity contribution in [1.29, 1.82) is 0 Å². The number of ether oxygens (including phenoxy) is 1. The Kier molecular flexibility index (Phi) is 3.27. The Morgan fingerprint density at radius 2 is 2.23 bits per heavy atom. The van der Waals surface area contributed by atoms with Crippen molar-refractivity contribution < 1.29 is 9.53 Å². The second-order valence-corrected chi connectivity index (χ2v) is 5.90. The fraction of sp³-hybridized carbons (Fsp3) is 0.438. The predicted octanol–water partition coefficient (Wildman–Crippen LogP) is 2.67. The number of para-hydroxylation sites is 1. The Labute approximate surface area is 129 Å². The number of anilines is 1. The van der Waals surface area contributed by atoms with E-state index in [1.54, 1.807) is 18.2 Å². The van der Waals surface area contributed by atoms with Crippen molar-refractivity contribution in [3.63, 3.8) is 0 Å². The molecule has 1 aromatic rings.